The fourth-order valence-electron chi connectivity index (χ4n) is 3.79. The molecule has 1 saturated heterocycles. The highest BCUT2D eigenvalue weighted by atomic mass is 16.7. The van der Waals surface area contributed by atoms with Crippen LogP contribution in [-0.4, -0.2) is 30.9 Å². The van der Waals surface area contributed by atoms with Gasteiger partial charge in [-0.05, 0) is 37.5 Å². The van der Waals surface area contributed by atoms with Crippen molar-refractivity contribution in [3.8, 4) is 11.5 Å². The van der Waals surface area contributed by atoms with Crippen molar-refractivity contribution < 1.29 is 19.0 Å². The molecule has 0 radical (unpaired) electrons. The molecular formula is C17H21NO4. The van der Waals surface area contributed by atoms with Crippen molar-refractivity contribution in [2.75, 3.05) is 13.4 Å². The van der Waals surface area contributed by atoms with Crippen molar-refractivity contribution in [3.05, 3.63) is 23.8 Å². The van der Waals surface area contributed by atoms with E-state index in [0.29, 0.717) is 23.7 Å². The van der Waals surface area contributed by atoms with Crippen LogP contribution >= 0.6 is 0 Å². The van der Waals surface area contributed by atoms with Gasteiger partial charge in [-0.3, -0.25) is 4.79 Å². The van der Waals surface area contributed by atoms with E-state index in [1.807, 2.05) is 0 Å². The van der Waals surface area contributed by atoms with E-state index in [0.717, 1.165) is 19.3 Å². The minimum Gasteiger partial charge on any atom is -0.454 e. The first-order valence-corrected chi connectivity index (χ1v) is 8.09. The van der Waals surface area contributed by atoms with Gasteiger partial charge < -0.3 is 19.5 Å². The highest BCUT2D eigenvalue weighted by Gasteiger charge is 2.41. The van der Waals surface area contributed by atoms with Gasteiger partial charge in [0.05, 0.1) is 18.2 Å². The summed E-state index contributed by atoms with van der Waals surface area (Å²) in [6.45, 7) is 0.843. The Morgan fingerprint density at radius 3 is 2.82 bits per heavy atom. The van der Waals surface area contributed by atoms with Gasteiger partial charge in [0.2, 0.25) is 6.79 Å². The molecule has 1 aromatic rings. The molecule has 1 saturated carbocycles. The van der Waals surface area contributed by atoms with Crippen LogP contribution in [0.1, 0.15) is 48.9 Å². The summed E-state index contributed by atoms with van der Waals surface area (Å²) in [7, 11) is 0. The van der Waals surface area contributed by atoms with Gasteiger partial charge in [-0.2, -0.15) is 0 Å². The molecule has 1 N–H and O–H groups in total. The topological polar surface area (TPSA) is 56.8 Å². The van der Waals surface area contributed by atoms with Gasteiger partial charge in [0.1, 0.15) is 0 Å². The average molecular weight is 303 g/mol. The molecule has 1 aromatic carbocycles. The smallest absolute Gasteiger partial charge is 0.251 e. The molecule has 22 heavy (non-hydrogen) atoms. The lowest BCUT2D eigenvalue weighted by Crippen LogP contribution is -2.37. The number of carbonyl (C=O) groups is 1. The van der Waals surface area contributed by atoms with Gasteiger partial charge in [-0.1, -0.05) is 19.3 Å². The summed E-state index contributed by atoms with van der Waals surface area (Å²) < 4.78 is 16.6. The molecule has 4 rings (SSSR count). The van der Waals surface area contributed by atoms with Gasteiger partial charge >= 0.3 is 0 Å². The highest BCUT2D eigenvalue weighted by molar-refractivity contribution is 5.95. The van der Waals surface area contributed by atoms with Crippen LogP contribution in [0.4, 0.5) is 0 Å². The Labute approximate surface area is 129 Å². The van der Waals surface area contributed by atoms with Crippen LogP contribution in [0.3, 0.4) is 0 Å². The van der Waals surface area contributed by atoms with Crippen molar-refractivity contribution in [2.24, 2.45) is 0 Å². The number of carbonyl (C=O) groups excluding carboxylic acids is 1. The molecule has 1 amide bonds. The molecule has 2 aliphatic heterocycles. The lowest BCUT2D eigenvalue weighted by molar-refractivity contribution is -0.0246. The number of fused-ring (bicyclic) bond motifs is 1. The van der Waals surface area contributed by atoms with Crippen molar-refractivity contribution in [1.29, 1.82) is 0 Å². The first kappa shape index (κ1) is 13.9. The van der Waals surface area contributed by atoms with Gasteiger partial charge in [0, 0.05) is 5.56 Å². The Morgan fingerprint density at radius 2 is 1.95 bits per heavy atom. The second kappa shape index (κ2) is 5.47. The molecule has 0 bridgehead atoms. The van der Waals surface area contributed by atoms with E-state index in [-0.39, 0.29) is 24.3 Å². The molecule has 3 aliphatic rings. The molecule has 0 unspecified atom stereocenters. The molecule has 0 aromatic heterocycles. The lowest BCUT2D eigenvalue weighted by atomic mass is 9.82. The molecule has 1 atom stereocenters. The third kappa shape index (κ3) is 2.54. The van der Waals surface area contributed by atoms with Gasteiger partial charge in [0.25, 0.3) is 5.91 Å². The molecule has 1 spiro atoms. The van der Waals surface area contributed by atoms with E-state index in [1.165, 1.54) is 19.3 Å². The number of nitrogens with one attached hydrogen (secondary N) is 1. The molecule has 2 heterocycles. The zero-order valence-electron chi connectivity index (χ0n) is 12.6. The van der Waals surface area contributed by atoms with Crippen LogP contribution in [0, 0.1) is 0 Å². The number of rotatable bonds is 2. The number of benzene rings is 1. The maximum absolute atomic E-state index is 12.4. The van der Waals surface area contributed by atoms with Crippen LogP contribution in [-0.2, 0) is 4.74 Å². The first-order valence-electron chi connectivity index (χ1n) is 8.09. The van der Waals surface area contributed by atoms with Gasteiger partial charge in [0.15, 0.2) is 11.5 Å². The summed E-state index contributed by atoms with van der Waals surface area (Å²) in [6, 6.07) is 5.40. The summed E-state index contributed by atoms with van der Waals surface area (Å²) in [5, 5.41) is 3.10. The van der Waals surface area contributed by atoms with Crippen LogP contribution in [0.2, 0.25) is 0 Å². The van der Waals surface area contributed by atoms with Crippen LogP contribution in [0.25, 0.3) is 0 Å². The number of ether oxygens (including phenoxy) is 3. The number of hydrogen-bond acceptors (Lipinski definition) is 4. The maximum Gasteiger partial charge on any atom is 0.251 e. The van der Waals surface area contributed by atoms with Gasteiger partial charge in [-0.15, -0.1) is 0 Å². The zero-order valence-corrected chi connectivity index (χ0v) is 12.6. The molecule has 2 fully saturated rings. The third-order valence-electron chi connectivity index (χ3n) is 4.94. The van der Waals surface area contributed by atoms with E-state index in [1.54, 1.807) is 18.2 Å². The fourth-order valence-corrected chi connectivity index (χ4v) is 3.79. The second-order valence-corrected chi connectivity index (χ2v) is 6.50. The summed E-state index contributed by atoms with van der Waals surface area (Å²) in [6.07, 6.45) is 6.97. The predicted octanol–water partition coefficient (Wildman–Crippen LogP) is 2.64. The summed E-state index contributed by atoms with van der Waals surface area (Å²) >= 11 is 0. The monoisotopic (exact) mass is 303 g/mol. The van der Waals surface area contributed by atoms with Crippen molar-refractivity contribution >= 4 is 5.91 Å². The van der Waals surface area contributed by atoms with E-state index in [4.69, 9.17) is 14.2 Å². The lowest BCUT2D eigenvalue weighted by Gasteiger charge is -2.32. The molecule has 5 heteroatoms. The van der Waals surface area contributed by atoms with E-state index < -0.39 is 0 Å². The number of amides is 1. The first-order chi connectivity index (χ1) is 10.7. The molecule has 1 aliphatic carbocycles. The largest absolute Gasteiger partial charge is 0.454 e. The van der Waals surface area contributed by atoms with Gasteiger partial charge in [-0.25, -0.2) is 0 Å². The second-order valence-electron chi connectivity index (χ2n) is 6.50. The molecule has 118 valence electrons. The van der Waals surface area contributed by atoms with E-state index in [2.05, 4.69) is 5.32 Å². The van der Waals surface area contributed by atoms with Crippen LogP contribution in [0.15, 0.2) is 18.2 Å². The zero-order chi connectivity index (χ0) is 15.0. The average Bonchev–Trinajstić information content (AvgIpc) is 3.15. The highest BCUT2D eigenvalue weighted by Crippen LogP contribution is 2.39. The minimum atomic E-state index is -0.0697. The quantitative estimate of drug-likeness (QED) is 0.912. The predicted molar refractivity (Wildman–Crippen MR) is 80.2 cm³/mol. The van der Waals surface area contributed by atoms with E-state index in [9.17, 15) is 4.79 Å². The van der Waals surface area contributed by atoms with E-state index >= 15 is 0 Å². The van der Waals surface area contributed by atoms with Crippen molar-refractivity contribution in [1.82, 2.24) is 5.32 Å². The number of hydrogen-bond donors (Lipinski definition) is 1. The Hall–Kier alpha value is -1.75. The Kier molecular flexibility index (Phi) is 3.45. The Balaban J connectivity index is 1.40. The SMILES string of the molecule is O=C(N[C@@H]1COC2(CCCCC2)C1)c1ccc2c(c1)OCO2. The normalized spacial score (nSPS) is 25.4. The van der Waals surface area contributed by atoms with Crippen LogP contribution in [0.5, 0.6) is 11.5 Å². The summed E-state index contributed by atoms with van der Waals surface area (Å²) in [4.78, 5) is 12.4. The standard InChI is InChI=1S/C17H21NO4/c19-16(12-4-5-14-15(8-12)21-11-20-14)18-13-9-17(22-10-13)6-2-1-3-7-17/h4-5,8,13H,1-3,6-7,9-11H2,(H,18,19)/t13-/m0/s1. The summed E-state index contributed by atoms with van der Waals surface area (Å²) in [5.41, 5.74) is 0.624. The fraction of sp³-hybridized carbons (Fsp3) is 0.588. The van der Waals surface area contributed by atoms with Crippen molar-refractivity contribution in [3.63, 3.8) is 0 Å². The Bertz CT molecular complexity index is 580. The summed E-state index contributed by atoms with van der Waals surface area (Å²) in [5.74, 6) is 1.26. The molecular weight excluding hydrogens is 282 g/mol. The van der Waals surface area contributed by atoms with Crippen molar-refractivity contribution in [2.45, 2.75) is 50.2 Å². The van der Waals surface area contributed by atoms with Crippen LogP contribution < -0.4 is 14.8 Å². The molecule has 5 nitrogen and oxygen atoms in total. The minimum absolute atomic E-state index is 0.0189. The maximum atomic E-state index is 12.4. The Morgan fingerprint density at radius 1 is 1.14 bits per heavy atom. The third-order valence-corrected chi connectivity index (χ3v) is 4.94.